The van der Waals surface area contributed by atoms with E-state index in [-0.39, 0.29) is 11.8 Å². The van der Waals surface area contributed by atoms with Gasteiger partial charge in [0, 0.05) is 23.8 Å². The molecule has 1 saturated heterocycles. The summed E-state index contributed by atoms with van der Waals surface area (Å²) in [5.41, 5.74) is 1.87. The van der Waals surface area contributed by atoms with Crippen molar-refractivity contribution in [1.82, 2.24) is 4.90 Å². The van der Waals surface area contributed by atoms with Gasteiger partial charge in [0.25, 0.3) is 5.91 Å². The third-order valence-corrected chi connectivity index (χ3v) is 4.65. The minimum atomic E-state index is -0.316. The van der Waals surface area contributed by atoms with Crippen LogP contribution >= 0.6 is 23.2 Å². The number of morpholine rings is 1. The predicted molar refractivity (Wildman–Crippen MR) is 102 cm³/mol. The molecule has 0 saturated carbocycles. The molecule has 26 heavy (non-hydrogen) atoms. The van der Waals surface area contributed by atoms with Crippen molar-refractivity contribution in [3.05, 3.63) is 63.6 Å². The van der Waals surface area contributed by atoms with E-state index >= 15 is 0 Å². The summed E-state index contributed by atoms with van der Waals surface area (Å²) < 4.78 is 5.25. The standard InChI is InChI=1S/C19H18Cl2N2O3/c20-14-3-6-16(17(21)12-14)19(25)22-15-4-1-13(2-5-15)11-18(24)23-7-9-26-10-8-23/h1-6,12H,7-11H2,(H,22,25). The molecule has 136 valence electrons. The molecule has 1 N–H and O–H groups in total. The van der Waals surface area contributed by atoms with Crippen LogP contribution in [0.3, 0.4) is 0 Å². The van der Waals surface area contributed by atoms with Crippen LogP contribution in [0, 0.1) is 0 Å². The molecule has 2 amide bonds. The lowest BCUT2D eigenvalue weighted by atomic mass is 10.1. The maximum atomic E-state index is 12.3. The van der Waals surface area contributed by atoms with Crippen LogP contribution in [-0.2, 0) is 16.0 Å². The fraction of sp³-hybridized carbons (Fsp3) is 0.263. The minimum absolute atomic E-state index is 0.0815. The topological polar surface area (TPSA) is 58.6 Å². The quantitative estimate of drug-likeness (QED) is 0.863. The number of hydrogen-bond donors (Lipinski definition) is 1. The zero-order valence-corrected chi connectivity index (χ0v) is 15.5. The summed E-state index contributed by atoms with van der Waals surface area (Å²) in [6.07, 6.45) is 0.331. The van der Waals surface area contributed by atoms with Crippen molar-refractivity contribution in [2.45, 2.75) is 6.42 Å². The SMILES string of the molecule is O=C(Nc1ccc(CC(=O)N2CCOCC2)cc1)c1ccc(Cl)cc1Cl. The van der Waals surface area contributed by atoms with Crippen molar-refractivity contribution in [2.24, 2.45) is 0 Å². The molecule has 1 heterocycles. The molecular weight excluding hydrogens is 375 g/mol. The van der Waals surface area contributed by atoms with E-state index in [1.807, 2.05) is 17.0 Å². The third kappa shape index (κ3) is 4.75. The molecule has 0 spiro atoms. The molecule has 0 aromatic heterocycles. The zero-order chi connectivity index (χ0) is 18.5. The van der Waals surface area contributed by atoms with Crippen LogP contribution in [0.2, 0.25) is 10.0 Å². The van der Waals surface area contributed by atoms with E-state index in [2.05, 4.69) is 5.32 Å². The third-order valence-electron chi connectivity index (χ3n) is 4.11. The number of carbonyl (C=O) groups is 2. The number of rotatable bonds is 4. The van der Waals surface area contributed by atoms with E-state index in [1.54, 1.807) is 24.3 Å². The highest BCUT2D eigenvalue weighted by Crippen LogP contribution is 2.22. The van der Waals surface area contributed by atoms with E-state index < -0.39 is 0 Å². The Hall–Kier alpha value is -2.08. The normalized spacial score (nSPS) is 14.2. The number of anilines is 1. The Morgan fingerprint density at radius 3 is 2.38 bits per heavy atom. The molecule has 0 bridgehead atoms. The van der Waals surface area contributed by atoms with Crippen LogP contribution in [0.1, 0.15) is 15.9 Å². The van der Waals surface area contributed by atoms with Gasteiger partial charge in [-0.2, -0.15) is 0 Å². The van der Waals surface area contributed by atoms with Gasteiger partial charge in [-0.05, 0) is 35.9 Å². The molecule has 0 unspecified atom stereocenters. The van der Waals surface area contributed by atoms with E-state index in [9.17, 15) is 9.59 Å². The molecule has 2 aromatic carbocycles. The Morgan fingerprint density at radius 1 is 1.04 bits per heavy atom. The first-order valence-corrected chi connectivity index (χ1v) is 8.99. The lowest BCUT2D eigenvalue weighted by Crippen LogP contribution is -2.41. The average molecular weight is 393 g/mol. The molecule has 1 aliphatic heterocycles. The molecule has 7 heteroatoms. The van der Waals surface area contributed by atoms with Gasteiger partial charge in [-0.15, -0.1) is 0 Å². The molecule has 2 aromatic rings. The van der Waals surface area contributed by atoms with Crippen LogP contribution in [0.15, 0.2) is 42.5 Å². The second kappa shape index (κ2) is 8.54. The van der Waals surface area contributed by atoms with Crippen molar-refractivity contribution in [3.63, 3.8) is 0 Å². The van der Waals surface area contributed by atoms with E-state index in [0.29, 0.717) is 54.0 Å². The number of amides is 2. The lowest BCUT2D eigenvalue weighted by Gasteiger charge is -2.26. The Morgan fingerprint density at radius 2 is 1.73 bits per heavy atom. The van der Waals surface area contributed by atoms with E-state index in [4.69, 9.17) is 27.9 Å². The van der Waals surface area contributed by atoms with Crippen molar-refractivity contribution in [1.29, 1.82) is 0 Å². The summed E-state index contributed by atoms with van der Waals surface area (Å²) in [5, 5.41) is 3.55. The predicted octanol–water partition coefficient (Wildman–Crippen LogP) is 3.65. The van der Waals surface area contributed by atoms with Crippen LogP contribution in [0.25, 0.3) is 0 Å². The number of nitrogens with zero attached hydrogens (tertiary/aromatic N) is 1. The van der Waals surface area contributed by atoms with Crippen LogP contribution in [0.5, 0.6) is 0 Å². The summed E-state index contributed by atoms with van der Waals surface area (Å²) >= 11 is 11.9. The first kappa shape index (κ1) is 18.7. The highest BCUT2D eigenvalue weighted by molar-refractivity contribution is 6.37. The highest BCUT2D eigenvalue weighted by atomic mass is 35.5. The smallest absolute Gasteiger partial charge is 0.257 e. The van der Waals surface area contributed by atoms with Crippen LogP contribution in [-0.4, -0.2) is 43.0 Å². The van der Waals surface area contributed by atoms with Crippen molar-refractivity contribution in [3.8, 4) is 0 Å². The Balaban J connectivity index is 1.60. The van der Waals surface area contributed by atoms with Crippen LogP contribution < -0.4 is 5.32 Å². The fourth-order valence-corrected chi connectivity index (χ4v) is 3.17. The Bertz CT molecular complexity index is 803. The van der Waals surface area contributed by atoms with Crippen molar-refractivity contribution in [2.75, 3.05) is 31.6 Å². The maximum Gasteiger partial charge on any atom is 0.257 e. The van der Waals surface area contributed by atoms with Gasteiger partial charge in [0.15, 0.2) is 0 Å². The Labute approximate surface area is 161 Å². The Kier molecular flexibility index (Phi) is 6.14. The van der Waals surface area contributed by atoms with Gasteiger partial charge in [-0.25, -0.2) is 0 Å². The first-order valence-electron chi connectivity index (χ1n) is 8.24. The molecule has 3 rings (SSSR count). The summed E-state index contributed by atoms with van der Waals surface area (Å²) in [7, 11) is 0. The fourth-order valence-electron chi connectivity index (χ4n) is 2.68. The number of hydrogen-bond acceptors (Lipinski definition) is 3. The minimum Gasteiger partial charge on any atom is -0.378 e. The molecular formula is C19H18Cl2N2O3. The molecule has 1 fully saturated rings. The molecule has 5 nitrogen and oxygen atoms in total. The van der Waals surface area contributed by atoms with Gasteiger partial charge in [0.1, 0.15) is 0 Å². The lowest BCUT2D eigenvalue weighted by molar-refractivity contribution is -0.134. The van der Waals surface area contributed by atoms with Crippen molar-refractivity contribution >= 4 is 40.7 Å². The van der Waals surface area contributed by atoms with E-state index in [1.165, 1.54) is 6.07 Å². The molecule has 0 radical (unpaired) electrons. The highest BCUT2D eigenvalue weighted by Gasteiger charge is 2.17. The number of halogens is 2. The van der Waals surface area contributed by atoms with Gasteiger partial charge in [0.2, 0.25) is 5.91 Å². The second-order valence-electron chi connectivity index (χ2n) is 5.95. The summed E-state index contributed by atoms with van der Waals surface area (Å²) in [6, 6.07) is 11.9. The first-order chi connectivity index (χ1) is 12.5. The number of ether oxygens (including phenoxy) is 1. The van der Waals surface area contributed by atoms with Crippen molar-refractivity contribution < 1.29 is 14.3 Å². The van der Waals surface area contributed by atoms with Gasteiger partial charge in [-0.1, -0.05) is 35.3 Å². The van der Waals surface area contributed by atoms with Gasteiger partial charge >= 0.3 is 0 Å². The largest absolute Gasteiger partial charge is 0.378 e. The maximum absolute atomic E-state index is 12.3. The summed E-state index contributed by atoms with van der Waals surface area (Å²) in [4.78, 5) is 26.4. The molecule has 0 aliphatic carbocycles. The summed E-state index contributed by atoms with van der Waals surface area (Å²) in [5.74, 6) is -0.234. The number of benzene rings is 2. The van der Waals surface area contributed by atoms with E-state index in [0.717, 1.165) is 5.56 Å². The molecule has 0 atom stereocenters. The van der Waals surface area contributed by atoms with Gasteiger partial charge in [-0.3, -0.25) is 9.59 Å². The summed E-state index contributed by atoms with van der Waals surface area (Å²) in [6.45, 7) is 2.44. The van der Waals surface area contributed by atoms with Gasteiger partial charge < -0.3 is 15.0 Å². The number of nitrogens with one attached hydrogen (secondary N) is 1. The monoisotopic (exact) mass is 392 g/mol. The average Bonchev–Trinajstić information content (AvgIpc) is 2.64. The zero-order valence-electron chi connectivity index (χ0n) is 14.0. The van der Waals surface area contributed by atoms with Crippen LogP contribution in [0.4, 0.5) is 5.69 Å². The second-order valence-corrected chi connectivity index (χ2v) is 6.79. The van der Waals surface area contributed by atoms with Gasteiger partial charge in [0.05, 0.1) is 30.2 Å². The number of carbonyl (C=O) groups excluding carboxylic acids is 2. The molecule has 1 aliphatic rings.